The van der Waals surface area contributed by atoms with Gasteiger partial charge in [-0.25, -0.2) is 0 Å². The normalized spacial score (nSPS) is 11.8. The van der Waals surface area contributed by atoms with Gasteiger partial charge in [0, 0.05) is 46.4 Å². The highest BCUT2D eigenvalue weighted by molar-refractivity contribution is 5.79. The number of hydrogen-bond donors (Lipinski definition) is 2. The van der Waals surface area contributed by atoms with Crippen molar-refractivity contribution in [1.82, 2.24) is 15.5 Å². The van der Waals surface area contributed by atoms with E-state index < -0.39 is 0 Å². The molecule has 6 nitrogen and oxygen atoms in total. The number of benzene rings is 1. The maximum atomic E-state index is 5.44. The first-order valence-corrected chi connectivity index (χ1v) is 9.07. The highest BCUT2D eigenvalue weighted by Gasteiger charge is 2.01. The molecule has 2 N–H and O–H groups in total. The SMILES string of the molecule is CCNC(=NCCCOCCOC)NCCN(C)Cc1ccccc1. The number of ether oxygens (including phenoxy) is 2. The van der Waals surface area contributed by atoms with Crippen LogP contribution >= 0.6 is 0 Å². The summed E-state index contributed by atoms with van der Waals surface area (Å²) in [4.78, 5) is 6.88. The van der Waals surface area contributed by atoms with Crippen molar-refractivity contribution in [3.05, 3.63) is 35.9 Å². The van der Waals surface area contributed by atoms with Crippen molar-refractivity contribution >= 4 is 5.96 Å². The minimum absolute atomic E-state index is 0.643. The lowest BCUT2D eigenvalue weighted by Gasteiger charge is -2.18. The number of likely N-dealkylation sites (N-methyl/N-ethyl adjacent to an activating group) is 1. The summed E-state index contributed by atoms with van der Waals surface area (Å²) in [6, 6.07) is 10.5. The fourth-order valence-electron chi connectivity index (χ4n) is 2.28. The van der Waals surface area contributed by atoms with Crippen LogP contribution in [0.4, 0.5) is 0 Å². The lowest BCUT2D eigenvalue weighted by atomic mass is 10.2. The van der Waals surface area contributed by atoms with Crippen LogP contribution in [-0.4, -0.2) is 71.0 Å². The fraction of sp³-hybridized carbons (Fsp3) is 0.632. The van der Waals surface area contributed by atoms with Crippen LogP contribution in [0.1, 0.15) is 18.9 Å². The Morgan fingerprint density at radius 1 is 1.12 bits per heavy atom. The van der Waals surface area contributed by atoms with Gasteiger partial charge < -0.3 is 25.0 Å². The van der Waals surface area contributed by atoms with Crippen LogP contribution in [0.2, 0.25) is 0 Å². The van der Waals surface area contributed by atoms with Crippen LogP contribution < -0.4 is 10.6 Å². The zero-order valence-electron chi connectivity index (χ0n) is 16.0. The zero-order valence-corrected chi connectivity index (χ0v) is 16.0. The molecule has 1 rings (SSSR count). The molecule has 1 aromatic rings. The van der Waals surface area contributed by atoms with E-state index in [-0.39, 0.29) is 0 Å². The van der Waals surface area contributed by atoms with Crippen LogP contribution in [0, 0.1) is 0 Å². The molecular formula is C19H34N4O2. The first-order chi connectivity index (χ1) is 12.3. The third-order valence-electron chi connectivity index (χ3n) is 3.57. The van der Waals surface area contributed by atoms with Crippen LogP contribution in [0.25, 0.3) is 0 Å². The van der Waals surface area contributed by atoms with Crippen molar-refractivity contribution in [1.29, 1.82) is 0 Å². The third-order valence-corrected chi connectivity index (χ3v) is 3.57. The van der Waals surface area contributed by atoms with Gasteiger partial charge in [0.25, 0.3) is 0 Å². The number of aliphatic imine (C=N–C) groups is 1. The number of nitrogens with zero attached hydrogens (tertiary/aromatic N) is 2. The molecule has 0 radical (unpaired) electrons. The standard InChI is InChI=1S/C19H34N4O2/c1-4-20-19(21-11-8-14-25-16-15-24-3)22-12-13-23(2)17-18-9-6-5-7-10-18/h5-7,9-10H,4,8,11-17H2,1-3H3,(H2,20,21,22). The van der Waals surface area contributed by atoms with E-state index in [0.717, 1.165) is 45.1 Å². The van der Waals surface area contributed by atoms with Crippen LogP contribution in [-0.2, 0) is 16.0 Å². The van der Waals surface area contributed by atoms with Crippen molar-refractivity contribution < 1.29 is 9.47 Å². The summed E-state index contributed by atoms with van der Waals surface area (Å²) in [6.07, 6.45) is 0.911. The Balaban J connectivity index is 2.19. The molecule has 6 heteroatoms. The Morgan fingerprint density at radius 3 is 2.64 bits per heavy atom. The van der Waals surface area contributed by atoms with Gasteiger partial charge in [-0.05, 0) is 26.0 Å². The van der Waals surface area contributed by atoms with Crippen molar-refractivity contribution in [2.24, 2.45) is 4.99 Å². The molecule has 0 spiro atoms. The summed E-state index contributed by atoms with van der Waals surface area (Å²) in [5, 5.41) is 6.66. The zero-order chi connectivity index (χ0) is 18.2. The van der Waals surface area contributed by atoms with Gasteiger partial charge in [-0.1, -0.05) is 30.3 Å². The van der Waals surface area contributed by atoms with Gasteiger partial charge in [0.05, 0.1) is 13.2 Å². The first kappa shape index (κ1) is 21.4. The summed E-state index contributed by atoms with van der Waals surface area (Å²) >= 11 is 0. The van der Waals surface area contributed by atoms with Gasteiger partial charge in [0.1, 0.15) is 0 Å². The van der Waals surface area contributed by atoms with E-state index >= 15 is 0 Å². The van der Waals surface area contributed by atoms with E-state index in [0.29, 0.717) is 19.8 Å². The molecule has 1 aromatic carbocycles. The molecule has 0 heterocycles. The third kappa shape index (κ3) is 11.5. The summed E-state index contributed by atoms with van der Waals surface area (Å²) in [6.45, 7) is 8.46. The van der Waals surface area contributed by atoms with Gasteiger partial charge in [-0.3, -0.25) is 4.99 Å². The van der Waals surface area contributed by atoms with E-state index in [4.69, 9.17) is 9.47 Å². The van der Waals surface area contributed by atoms with Crippen LogP contribution in [0.15, 0.2) is 35.3 Å². The van der Waals surface area contributed by atoms with E-state index in [1.165, 1.54) is 5.56 Å². The molecule has 0 saturated heterocycles. The molecule has 0 bridgehead atoms. The van der Waals surface area contributed by atoms with E-state index in [9.17, 15) is 0 Å². The maximum absolute atomic E-state index is 5.44. The molecule has 0 aromatic heterocycles. The lowest BCUT2D eigenvalue weighted by Crippen LogP contribution is -2.41. The minimum Gasteiger partial charge on any atom is -0.382 e. The molecule has 0 unspecified atom stereocenters. The first-order valence-electron chi connectivity index (χ1n) is 9.07. The number of guanidine groups is 1. The van der Waals surface area contributed by atoms with Crippen molar-refractivity contribution in [2.75, 3.05) is 60.2 Å². The Bertz CT molecular complexity index is 454. The Kier molecular flexibility index (Phi) is 12.6. The lowest BCUT2D eigenvalue weighted by molar-refractivity contribution is 0.0702. The molecule has 0 aliphatic heterocycles. The highest BCUT2D eigenvalue weighted by atomic mass is 16.5. The fourth-order valence-corrected chi connectivity index (χ4v) is 2.28. The van der Waals surface area contributed by atoms with Crippen molar-refractivity contribution in [3.8, 4) is 0 Å². The number of rotatable bonds is 13. The average molecular weight is 351 g/mol. The Morgan fingerprint density at radius 2 is 1.92 bits per heavy atom. The predicted octanol–water partition coefficient (Wildman–Crippen LogP) is 1.73. The second kappa shape index (κ2) is 14.7. The van der Waals surface area contributed by atoms with Gasteiger partial charge in [0.2, 0.25) is 0 Å². The van der Waals surface area contributed by atoms with Gasteiger partial charge >= 0.3 is 0 Å². The Hall–Kier alpha value is -1.63. The van der Waals surface area contributed by atoms with Crippen molar-refractivity contribution in [3.63, 3.8) is 0 Å². The van der Waals surface area contributed by atoms with Crippen LogP contribution in [0.3, 0.4) is 0 Å². The van der Waals surface area contributed by atoms with Gasteiger partial charge in [-0.15, -0.1) is 0 Å². The summed E-state index contributed by atoms with van der Waals surface area (Å²) in [5.74, 6) is 0.868. The molecule has 142 valence electrons. The molecule has 0 saturated carbocycles. The second-order valence-corrected chi connectivity index (χ2v) is 5.87. The van der Waals surface area contributed by atoms with E-state index in [1.807, 2.05) is 6.07 Å². The minimum atomic E-state index is 0.643. The number of nitrogens with one attached hydrogen (secondary N) is 2. The quantitative estimate of drug-likeness (QED) is 0.322. The topological polar surface area (TPSA) is 58.1 Å². The van der Waals surface area contributed by atoms with Crippen molar-refractivity contribution in [2.45, 2.75) is 19.9 Å². The summed E-state index contributed by atoms with van der Waals surface area (Å²) in [7, 11) is 3.81. The van der Waals surface area contributed by atoms with Crippen LogP contribution in [0.5, 0.6) is 0 Å². The summed E-state index contributed by atoms with van der Waals surface area (Å²) in [5.41, 5.74) is 1.33. The molecule has 0 atom stereocenters. The summed E-state index contributed by atoms with van der Waals surface area (Å²) < 4.78 is 10.4. The largest absolute Gasteiger partial charge is 0.382 e. The van der Waals surface area contributed by atoms with Gasteiger partial charge in [-0.2, -0.15) is 0 Å². The number of hydrogen-bond acceptors (Lipinski definition) is 4. The van der Waals surface area contributed by atoms with Gasteiger partial charge in [0.15, 0.2) is 5.96 Å². The molecule has 25 heavy (non-hydrogen) atoms. The monoisotopic (exact) mass is 350 g/mol. The smallest absolute Gasteiger partial charge is 0.191 e. The van der Waals surface area contributed by atoms with E-state index in [2.05, 4.69) is 58.8 Å². The average Bonchev–Trinajstić information content (AvgIpc) is 2.61. The second-order valence-electron chi connectivity index (χ2n) is 5.87. The highest BCUT2D eigenvalue weighted by Crippen LogP contribution is 2.01. The molecule has 0 aliphatic carbocycles. The molecule has 0 aliphatic rings. The Labute approximate surface area is 152 Å². The molecular weight excluding hydrogens is 316 g/mol. The number of methoxy groups -OCH3 is 1. The maximum Gasteiger partial charge on any atom is 0.191 e. The molecule has 0 amide bonds. The molecule has 0 fully saturated rings. The predicted molar refractivity (Wildman–Crippen MR) is 104 cm³/mol. The van der Waals surface area contributed by atoms with E-state index in [1.54, 1.807) is 7.11 Å².